The second-order valence-electron chi connectivity index (χ2n) is 8.87. The summed E-state index contributed by atoms with van der Waals surface area (Å²) in [6.45, 7) is 2.08. The summed E-state index contributed by atoms with van der Waals surface area (Å²) in [5, 5.41) is 10.3. The molecule has 1 heterocycles. The van der Waals surface area contributed by atoms with Gasteiger partial charge in [-0.05, 0) is 75.2 Å². The van der Waals surface area contributed by atoms with E-state index in [4.69, 9.17) is 4.74 Å². The first kappa shape index (κ1) is 23.2. The molecule has 0 radical (unpaired) electrons. The first-order chi connectivity index (χ1) is 16.2. The fourth-order valence-corrected chi connectivity index (χ4v) is 6.79. The van der Waals surface area contributed by atoms with Crippen molar-refractivity contribution in [2.45, 2.75) is 25.7 Å². The van der Waals surface area contributed by atoms with Gasteiger partial charge in [0.15, 0.2) is 23.1 Å². The van der Waals surface area contributed by atoms with Crippen LogP contribution in [0.3, 0.4) is 0 Å². The summed E-state index contributed by atoms with van der Waals surface area (Å²) in [5.74, 6) is -2.83. The third-order valence-electron chi connectivity index (χ3n) is 7.34. The fourth-order valence-electron chi connectivity index (χ4n) is 5.88. The largest absolute Gasteiger partial charge is 0.503 e. The van der Waals surface area contributed by atoms with Crippen molar-refractivity contribution in [2.24, 2.45) is 17.8 Å². The first-order valence-electron chi connectivity index (χ1n) is 11.0. The monoisotopic (exact) mass is 589 g/mol. The highest BCUT2D eigenvalue weighted by Crippen LogP contribution is 2.56. The zero-order valence-electron chi connectivity index (χ0n) is 18.4. The number of aromatic hydroxyl groups is 1. The predicted molar refractivity (Wildman–Crippen MR) is 129 cm³/mol. The summed E-state index contributed by atoms with van der Waals surface area (Å²) in [6, 6.07) is 3.35. The third-order valence-corrected chi connectivity index (χ3v) is 8.54. The SMILES string of the molecule is CCN1C(=O)[C@H]2[C@H](CC=C3[C@H](c4cc(Br)c(O)c(OC)c4)C4=C(C[C@H]32)C(=O)C(Br)=CC4=O)C1=O. The predicted octanol–water partition coefficient (Wildman–Crippen LogP) is 3.95. The second-order valence-corrected chi connectivity index (χ2v) is 10.6. The highest BCUT2D eigenvalue weighted by atomic mass is 79.9. The van der Waals surface area contributed by atoms with Crippen molar-refractivity contribution in [3.05, 3.63) is 55.5 Å². The molecule has 1 N–H and O–H groups in total. The van der Waals surface area contributed by atoms with Crippen molar-refractivity contribution in [3.8, 4) is 11.5 Å². The third kappa shape index (κ3) is 3.20. The summed E-state index contributed by atoms with van der Waals surface area (Å²) in [6.07, 6.45) is 3.87. The summed E-state index contributed by atoms with van der Waals surface area (Å²) in [4.78, 5) is 53.9. The van der Waals surface area contributed by atoms with Gasteiger partial charge in [-0.15, -0.1) is 0 Å². The van der Waals surface area contributed by atoms with E-state index in [0.717, 1.165) is 5.57 Å². The highest BCUT2D eigenvalue weighted by Gasteiger charge is 2.56. The molecule has 1 fully saturated rings. The number of ether oxygens (including phenoxy) is 1. The molecule has 4 atom stereocenters. The van der Waals surface area contributed by atoms with Gasteiger partial charge in [0.05, 0.1) is 27.9 Å². The van der Waals surface area contributed by atoms with Crippen LogP contribution < -0.4 is 4.74 Å². The zero-order chi connectivity index (χ0) is 24.5. The number of hydrogen-bond donors (Lipinski definition) is 1. The number of halogens is 2. The number of likely N-dealkylation sites (tertiary alicyclic amines) is 1. The lowest BCUT2D eigenvalue weighted by atomic mass is 9.59. The van der Waals surface area contributed by atoms with Crippen LogP contribution in [-0.2, 0) is 19.2 Å². The van der Waals surface area contributed by atoms with Crippen molar-refractivity contribution >= 4 is 55.2 Å². The van der Waals surface area contributed by atoms with E-state index in [1.54, 1.807) is 19.1 Å². The van der Waals surface area contributed by atoms with Gasteiger partial charge in [-0.1, -0.05) is 11.6 Å². The van der Waals surface area contributed by atoms with Crippen LogP contribution in [0.2, 0.25) is 0 Å². The molecule has 5 rings (SSSR count). The van der Waals surface area contributed by atoms with Crippen molar-refractivity contribution in [1.29, 1.82) is 0 Å². The minimum Gasteiger partial charge on any atom is -0.503 e. The smallest absolute Gasteiger partial charge is 0.233 e. The Morgan fingerprint density at radius 2 is 1.85 bits per heavy atom. The molecular formula is C25H21Br2NO6. The van der Waals surface area contributed by atoms with E-state index in [1.807, 2.05) is 6.08 Å². The Bertz CT molecular complexity index is 1280. The minimum atomic E-state index is -0.604. The van der Waals surface area contributed by atoms with E-state index in [2.05, 4.69) is 31.9 Å². The maximum atomic E-state index is 13.3. The number of benzene rings is 1. The van der Waals surface area contributed by atoms with E-state index >= 15 is 0 Å². The molecule has 9 heteroatoms. The van der Waals surface area contributed by atoms with Crippen molar-refractivity contribution in [1.82, 2.24) is 4.90 Å². The topological polar surface area (TPSA) is 101 Å². The molecule has 34 heavy (non-hydrogen) atoms. The Kier molecular flexibility index (Phi) is 5.67. The van der Waals surface area contributed by atoms with Gasteiger partial charge in [-0.2, -0.15) is 0 Å². The number of nitrogens with zero attached hydrogens (tertiary/aromatic N) is 1. The van der Waals surface area contributed by atoms with E-state index < -0.39 is 17.8 Å². The van der Waals surface area contributed by atoms with E-state index in [0.29, 0.717) is 34.1 Å². The molecule has 1 aromatic rings. The maximum absolute atomic E-state index is 13.3. The number of fused-ring (bicyclic) bond motifs is 3. The first-order valence-corrected chi connectivity index (χ1v) is 12.6. The molecule has 176 valence electrons. The Morgan fingerprint density at radius 1 is 1.12 bits per heavy atom. The van der Waals surface area contributed by atoms with Gasteiger partial charge in [0.25, 0.3) is 0 Å². The van der Waals surface area contributed by atoms with Crippen LogP contribution in [0.5, 0.6) is 11.5 Å². The number of carbonyl (C=O) groups excluding carboxylic acids is 4. The normalized spacial score (nSPS) is 28.4. The Hall–Kier alpha value is -2.52. The molecule has 3 aliphatic carbocycles. The van der Waals surface area contributed by atoms with Crippen LogP contribution in [0.15, 0.2) is 50.0 Å². The van der Waals surface area contributed by atoms with Gasteiger partial charge in [-0.3, -0.25) is 24.1 Å². The average Bonchev–Trinajstić information content (AvgIpc) is 3.07. The maximum Gasteiger partial charge on any atom is 0.233 e. The molecule has 0 spiro atoms. The molecular weight excluding hydrogens is 570 g/mol. The van der Waals surface area contributed by atoms with Crippen molar-refractivity contribution < 1.29 is 29.0 Å². The molecule has 7 nitrogen and oxygen atoms in total. The number of amides is 2. The summed E-state index contributed by atoms with van der Waals surface area (Å²) < 4.78 is 5.90. The molecule has 0 aromatic heterocycles. The lowest BCUT2D eigenvalue weighted by Gasteiger charge is -2.42. The summed E-state index contributed by atoms with van der Waals surface area (Å²) >= 11 is 6.57. The molecule has 0 saturated carbocycles. The summed E-state index contributed by atoms with van der Waals surface area (Å²) in [7, 11) is 1.43. The van der Waals surface area contributed by atoms with Gasteiger partial charge in [0.2, 0.25) is 11.8 Å². The van der Waals surface area contributed by atoms with Crippen LogP contribution in [0, 0.1) is 17.8 Å². The van der Waals surface area contributed by atoms with Crippen LogP contribution in [0.1, 0.15) is 31.2 Å². The summed E-state index contributed by atoms with van der Waals surface area (Å²) in [5.41, 5.74) is 2.25. The number of methoxy groups -OCH3 is 1. The number of imide groups is 1. The zero-order valence-corrected chi connectivity index (χ0v) is 21.6. The quantitative estimate of drug-likeness (QED) is 0.325. The van der Waals surface area contributed by atoms with Crippen LogP contribution in [-0.4, -0.2) is 47.0 Å². The number of Topliss-reactive ketones (excluding diaryl/α,β-unsaturated/α-hetero) is 1. The van der Waals surface area contributed by atoms with E-state index in [9.17, 15) is 24.3 Å². The minimum absolute atomic E-state index is 0.0747. The number of carbonyl (C=O) groups is 4. The van der Waals surface area contributed by atoms with Gasteiger partial charge >= 0.3 is 0 Å². The Labute approximate surface area is 212 Å². The van der Waals surface area contributed by atoms with Gasteiger partial charge in [0.1, 0.15) is 0 Å². The standard InChI is InChI=1S/C25H21Br2NO6/c1-3-28-24(32)12-5-4-11-13(20(12)25(28)33)8-14-21(17(29)9-16(27)22(14)30)19(11)10-6-15(26)23(31)18(7-10)34-2/h4,6-7,9,12-13,19-20,31H,3,5,8H2,1-2H3/t12-,13+,19-,20-/m0/s1. The number of rotatable bonds is 3. The highest BCUT2D eigenvalue weighted by molar-refractivity contribution is 9.12. The second kappa shape index (κ2) is 8.30. The van der Waals surface area contributed by atoms with E-state index in [1.165, 1.54) is 18.1 Å². The Balaban J connectivity index is 1.73. The Morgan fingerprint density at radius 3 is 2.53 bits per heavy atom. The number of phenolic OH excluding ortho intramolecular Hbond substituents is 1. The number of phenols is 1. The van der Waals surface area contributed by atoms with Crippen molar-refractivity contribution in [3.63, 3.8) is 0 Å². The number of ketones is 2. The molecule has 2 amide bonds. The van der Waals surface area contributed by atoms with Gasteiger partial charge < -0.3 is 9.84 Å². The fraction of sp³-hybridized carbons (Fsp3) is 0.360. The average molecular weight is 591 g/mol. The number of allylic oxidation sites excluding steroid dienone is 6. The van der Waals surface area contributed by atoms with Crippen molar-refractivity contribution in [2.75, 3.05) is 13.7 Å². The van der Waals surface area contributed by atoms with Gasteiger partial charge in [0, 0.05) is 29.7 Å². The van der Waals surface area contributed by atoms with E-state index in [-0.39, 0.29) is 51.7 Å². The molecule has 0 bridgehead atoms. The molecule has 1 saturated heterocycles. The molecule has 0 unspecified atom stereocenters. The van der Waals surface area contributed by atoms with Crippen LogP contribution >= 0.6 is 31.9 Å². The van der Waals surface area contributed by atoms with Crippen LogP contribution in [0.25, 0.3) is 0 Å². The molecule has 1 aromatic carbocycles. The van der Waals surface area contributed by atoms with Gasteiger partial charge in [-0.25, -0.2) is 0 Å². The van der Waals surface area contributed by atoms with Crippen LogP contribution in [0.4, 0.5) is 0 Å². The molecule has 4 aliphatic rings. The lowest BCUT2D eigenvalue weighted by Crippen LogP contribution is -2.39. The lowest BCUT2D eigenvalue weighted by molar-refractivity contribution is -0.139. The number of hydrogen-bond acceptors (Lipinski definition) is 6. The molecule has 1 aliphatic heterocycles.